The molecule has 4 heterocycles. The largest absolute Gasteiger partial charge is 0.347 e. The molecule has 0 aromatic carbocycles. The molecule has 7 heteroatoms. The number of aromatic nitrogens is 3. The Labute approximate surface area is 139 Å². The normalized spacial score (nSPS) is 18.6. The van der Waals surface area contributed by atoms with Crippen molar-refractivity contribution in [3.05, 3.63) is 24.0 Å². The summed E-state index contributed by atoms with van der Waals surface area (Å²) in [5, 5.41) is 10.4. The number of carbonyl (C=O) groups is 1. The Bertz CT molecular complexity index is 682. The zero-order chi connectivity index (χ0) is 15.6. The maximum absolute atomic E-state index is 12.7. The summed E-state index contributed by atoms with van der Waals surface area (Å²) in [4.78, 5) is 16.9. The van der Waals surface area contributed by atoms with Crippen molar-refractivity contribution in [1.29, 1.82) is 0 Å². The van der Waals surface area contributed by atoms with E-state index in [4.69, 9.17) is 0 Å². The number of hydrogen-bond acceptors (Lipinski definition) is 5. The number of piperidine rings is 1. The predicted octanol–water partition coefficient (Wildman–Crippen LogP) is 2.56. The van der Waals surface area contributed by atoms with E-state index in [9.17, 15) is 4.79 Å². The Morgan fingerprint density at radius 3 is 2.43 bits per heavy atom. The molecule has 0 bridgehead atoms. The first kappa shape index (κ1) is 14.7. The first-order valence-electron chi connectivity index (χ1n) is 8.38. The molecular formula is C16H21N5OS. The maximum Gasteiger partial charge on any atom is 0.270 e. The molecule has 0 unspecified atom stereocenters. The Kier molecular flexibility index (Phi) is 4.03. The minimum absolute atomic E-state index is 0.0993. The van der Waals surface area contributed by atoms with E-state index in [1.807, 2.05) is 27.8 Å². The van der Waals surface area contributed by atoms with Crippen LogP contribution in [0.3, 0.4) is 0 Å². The van der Waals surface area contributed by atoms with Crippen molar-refractivity contribution in [1.82, 2.24) is 19.7 Å². The third-order valence-corrected chi connectivity index (χ3v) is 5.58. The third-order valence-electron chi connectivity index (χ3n) is 4.60. The molecule has 122 valence electrons. The molecule has 1 amide bonds. The fourth-order valence-electron chi connectivity index (χ4n) is 3.32. The lowest BCUT2D eigenvalue weighted by Crippen LogP contribution is -2.29. The lowest BCUT2D eigenvalue weighted by atomic mass is 10.1. The van der Waals surface area contributed by atoms with E-state index < -0.39 is 0 Å². The molecule has 2 aliphatic rings. The van der Waals surface area contributed by atoms with Crippen LogP contribution in [0, 0.1) is 0 Å². The summed E-state index contributed by atoms with van der Waals surface area (Å²) in [5.41, 5.74) is 0.688. The maximum atomic E-state index is 12.7. The van der Waals surface area contributed by atoms with Crippen LogP contribution in [0.2, 0.25) is 0 Å². The minimum Gasteiger partial charge on any atom is -0.347 e. The van der Waals surface area contributed by atoms with Crippen LogP contribution in [-0.4, -0.2) is 51.8 Å². The lowest BCUT2D eigenvalue weighted by molar-refractivity contribution is 0.0785. The Hall–Kier alpha value is -1.89. The summed E-state index contributed by atoms with van der Waals surface area (Å²) in [6.45, 7) is 3.83. The van der Waals surface area contributed by atoms with Crippen LogP contribution in [0.1, 0.15) is 42.6 Å². The molecule has 0 aliphatic carbocycles. The standard InChI is InChI=1S/C16H21N5OS/c22-14(19-8-4-5-9-19)13-7-6-12-21(13)16-18-17-15(23-16)20-10-2-1-3-11-20/h6-7,12H,1-5,8-11H2. The molecule has 4 rings (SSSR count). The Morgan fingerprint density at radius 2 is 1.65 bits per heavy atom. The third kappa shape index (κ3) is 2.85. The zero-order valence-corrected chi connectivity index (χ0v) is 14.0. The van der Waals surface area contributed by atoms with Crippen LogP contribution in [-0.2, 0) is 0 Å². The van der Waals surface area contributed by atoms with Gasteiger partial charge in [0.15, 0.2) is 0 Å². The molecule has 2 fully saturated rings. The monoisotopic (exact) mass is 331 g/mol. The number of anilines is 1. The molecule has 0 spiro atoms. The van der Waals surface area contributed by atoms with Gasteiger partial charge < -0.3 is 9.80 Å². The van der Waals surface area contributed by atoms with Crippen LogP contribution in [0.15, 0.2) is 18.3 Å². The van der Waals surface area contributed by atoms with E-state index in [1.165, 1.54) is 19.3 Å². The van der Waals surface area contributed by atoms with E-state index in [-0.39, 0.29) is 5.91 Å². The molecule has 6 nitrogen and oxygen atoms in total. The first-order chi connectivity index (χ1) is 11.3. The van der Waals surface area contributed by atoms with Crippen LogP contribution in [0.4, 0.5) is 5.13 Å². The summed E-state index contributed by atoms with van der Waals surface area (Å²) in [5.74, 6) is 0.0993. The van der Waals surface area contributed by atoms with E-state index >= 15 is 0 Å². The van der Waals surface area contributed by atoms with Crippen molar-refractivity contribution in [2.45, 2.75) is 32.1 Å². The zero-order valence-electron chi connectivity index (χ0n) is 13.1. The Balaban J connectivity index is 1.58. The average molecular weight is 331 g/mol. The molecule has 2 aromatic heterocycles. The van der Waals surface area contributed by atoms with E-state index in [1.54, 1.807) is 11.3 Å². The van der Waals surface area contributed by atoms with E-state index in [2.05, 4.69) is 15.1 Å². The minimum atomic E-state index is 0.0993. The van der Waals surface area contributed by atoms with Crippen molar-refractivity contribution >= 4 is 22.4 Å². The lowest BCUT2D eigenvalue weighted by Gasteiger charge is -2.25. The second-order valence-electron chi connectivity index (χ2n) is 6.18. The molecule has 2 aromatic rings. The van der Waals surface area contributed by atoms with Crippen LogP contribution in [0.5, 0.6) is 0 Å². The molecule has 0 N–H and O–H groups in total. The fraction of sp³-hybridized carbons (Fsp3) is 0.562. The summed E-state index contributed by atoms with van der Waals surface area (Å²) in [6, 6.07) is 3.79. The topological polar surface area (TPSA) is 54.3 Å². The van der Waals surface area contributed by atoms with Gasteiger partial charge in [0.25, 0.3) is 5.91 Å². The number of likely N-dealkylation sites (tertiary alicyclic amines) is 1. The highest BCUT2D eigenvalue weighted by Crippen LogP contribution is 2.27. The van der Waals surface area contributed by atoms with E-state index in [0.717, 1.165) is 49.3 Å². The number of amides is 1. The summed E-state index contributed by atoms with van der Waals surface area (Å²) < 4.78 is 1.88. The first-order valence-corrected chi connectivity index (χ1v) is 9.20. The van der Waals surface area contributed by atoms with Crippen molar-refractivity contribution in [3.63, 3.8) is 0 Å². The number of rotatable bonds is 3. The molecule has 2 aliphatic heterocycles. The van der Waals surface area contributed by atoms with Gasteiger partial charge in [0.1, 0.15) is 5.69 Å². The van der Waals surface area contributed by atoms with Gasteiger partial charge in [-0.1, -0.05) is 11.3 Å². The van der Waals surface area contributed by atoms with Gasteiger partial charge in [-0.25, -0.2) is 0 Å². The average Bonchev–Trinajstić information content (AvgIpc) is 3.35. The van der Waals surface area contributed by atoms with Gasteiger partial charge in [-0.05, 0) is 44.2 Å². The van der Waals surface area contributed by atoms with Crippen molar-refractivity contribution in [3.8, 4) is 5.13 Å². The van der Waals surface area contributed by atoms with Crippen molar-refractivity contribution in [2.24, 2.45) is 0 Å². The molecular weight excluding hydrogens is 310 g/mol. The van der Waals surface area contributed by atoms with Crippen molar-refractivity contribution < 1.29 is 4.79 Å². The summed E-state index contributed by atoms with van der Waals surface area (Å²) in [7, 11) is 0. The predicted molar refractivity (Wildman–Crippen MR) is 90.4 cm³/mol. The van der Waals surface area contributed by atoms with Crippen LogP contribution in [0.25, 0.3) is 5.13 Å². The van der Waals surface area contributed by atoms with Gasteiger partial charge in [-0.2, -0.15) is 0 Å². The quantitative estimate of drug-likeness (QED) is 0.867. The van der Waals surface area contributed by atoms with Crippen molar-refractivity contribution in [2.75, 3.05) is 31.1 Å². The molecule has 0 atom stereocenters. The summed E-state index contributed by atoms with van der Waals surface area (Å²) in [6.07, 6.45) is 7.85. The number of carbonyl (C=O) groups excluding carboxylic acids is 1. The second-order valence-corrected chi connectivity index (χ2v) is 7.11. The summed E-state index contributed by atoms with van der Waals surface area (Å²) >= 11 is 1.57. The number of hydrogen-bond donors (Lipinski definition) is 0. The molecule has 23 heavy (non-hydrogen) atoms. The van der Waals surface area contributed by atoms with E-state index in [0.29, 0.717) is 5.69 Å². The molecule has 0 saturated carbocycles. The van der Waals surface area contributed by atoms with Gasteiger partial charge in [-0.15, -0.1) is 10.2 Å². The molecule has 0 radical (unpaired) electrons. The molecule has 2 saturated heterocycles. The van der Waals surface area contributed by atoms with Gasteiger partial charge in [0.05, 0.1) is 0 Å². The van der Waals surface area contributed by atoms with Gasteiger partial charge in [-0.3, -0.25) is 9.36 Å². The number of nitrogens with zero attached hydrogens (tertiary/aromatic N) is 5. The smallest absolute Gasteiger partial charge is 0.270 e. The highest BCUT2D eigenvalue weighted by molar-refractivity contribution is 7.17. The fourth-order valence-corrected chi connectivity index (χ4v) is 4.22. The second kappa shape index (κ2) is 6.31. The van der Waals surface area contributed by atoms with Gasteiger partial charge in [0.2, 0.25) is 10.3 Å². The SMILES string of the molecule is O=C(c1cccn1-c1nnc(N2CCCCC2)s1)N1CCCC1. The van der Waals surface area contributed by atoms with Crippen LogP contribution < -0.4 is 4.90 Å². The Morgan fingerprint density at radius 1 is 0.957 bits per heavy atom. The van der Waals surface area contributed by atoms with Crippen LogP contribution >= 0.6 is 11.3 Å². The highest BCUT2D eigenvalue weighted by atomic mass is 32.1. The van der Waals surface area contributed by atoms with Gasteiger partial charge >= 0.3 is 0 Å². The highest BCUT2D eigenvalue weighted by Gasteiger charge is 2.24. The van der Waals surface area contributed by atoms with Gasteiger partial charge in [0, 0.05) is 32.4 Å².